The molecule has 0 saturated carbocycles. The van der Waals surface area contributed by atoms with Gasteiger partial charge in [-0.2, -0.15) is 0 Å². The summed E-state index contributed by atoms with van der Waals surface area (Å²) in [5.41, 5.74) is -0.659. The fourth-order valence-electron chi connectivity index (χ4n) is 6.40. The predicted molar refractivity (Wildman–Crippen MR) is 142 cm³/mol. The van der Waals surface area contributed by atoms with Crippen LogP contribution in [0.1, 0.15) is 33.1 Å². The summed E-state index contributed by atoms with van der Waals surface area (Å²) in [4.78, 5) is 46.9. The van der Waals surface area contributed by atoms with Crippen molar-refractivity contribution in [2.45, 2.75) is 56.9 Å². The van der Waals surface area contributed by atoms with Gasteiger partial charge in [0, 0.05) is 19.6 Å². The maximum absolute atomic E-state index is 14.4. The van der Waals surface area contributed by atoms with E-state index in [-0.39, 0.29) is 30.9 Å². The summed E-state index contributed by atoms with van der Waals surface area (Å²) in [5, 5.41) is 10.5. The van der Waals surface area contributed by atoms with Crippen LogP contribution in [-0.4, -0.2) is 82.7 Å². The molecule has 3 amide bonds. The van der Waals surface area contributed by atoms with Gasteiger partial charge in [0.2, 0.25) is 11.8 Å². The molecule has 9 heteroatoms. The highest BCUT2D eigenvalue weighted by atomic mass is 35.5. The van der Waals surface area contributed by atoms with Crippen molar-refractivity contribution < 1.29 is 24.2 Å². The number of hydrogen-bond acceptors (Lipinski definition) is 5. The lowest BCUT2D eigenvalue weighted by Crippen LogP contribution is -2.58. The molecule has 4 rings (SSSR count). The highest BCUT2D eigenvalue weighted by molar-refractivity contribution is 6.34. The number of hydrogen-bond donors (Lipinski definition) is 1. The van der Waals surface area contributed by atoms with Crippen LogP contribution >= 0.6 is 11.6 Å². The molecule has 0 radical (unpaired) electrons. The van der Waals surface area contributed by atoms with E-state index >= 15 is 0 Å². The Morgan fingerprint density at radius 2 is 1.97 bits per heavy atom. The van der Waals surface area contributed by atoms with Gasteiger partial charge in [-0.15, -0.1) is 13.2 Å². The van der Waals surface area contributed by atoms with Crippen molar-refractivity contribution in [3.8, 4) is 0 Å². The number of ether oxygens (including phenoxy) is 1. The molecular formula is C28H36ClN3O5. The lowest BCUT2D eigenvalue weighted by atomic mass is 9.70. The molecule has 8 nitrogen and oxygen atoms in total. The number of para-hydroxylation sites is 1. The molecule has 200 valence electrons. The summed E-state index contributed by atoms with van der Waals surface area (Å²) in [6, 6.07) is 5.35. The summed E-state index contributed by atoms with van der Waals surface area (Å²) >= 11 is 6.47. The van der Waals surface area contributed by atoms with Gasteiger partial charge in [-0.3, -0.25) is 14.4 Å². The van der Waals surface area contributed by atoms with E-state index in [9.17, 15) is 19.5 Å². The van der Waals surface area contributed by atoms with Crippen LogP contribution in [-0.2, 0) is 19.1 Å². The highest BCUT2D eigenvalue weighted by Crippen LogP contribution is 2.59. The number of carbonyl (C=O) groups excluding carboxylic acids is 3. The number of anilines is 1. The molecule has 6 atom stereocenters. The first-order valence-electron chi connectivity index (χ1n) is 12.9. The molecule has 3 saturated heterocycles. The van der Waals surface area contributed by atoms with E-state index in [1.807, 2.05) is 6.92 Å². The number of carbonyl (C=O) groups is 3. The van der Waals surface area contributed by atoms with E-state index in [4.69, 9.17) is 16.3 Å². The van der Waals surface area contributed by atoms with Crippen molar-refractivity contribution >= 4 is 35.0 Å². The largest absolute Gasteiger partial charge is 0.394 e. The molecule has 0 aliphatic carbocycles. The Kier molecular flexibility index (Phi) is 8.11. The summed E-state index contributed by atoms with van der Waals surface area (Å²) < 4.78 is 6.52. The number of benzene rings is 1. The average Bonchev–Trinajstić information content (AvgIpc) is 3.54. The summed E-state index contributed by atoms with van der Waals surface area (Å²) in [7, 11) is 0. The van der Waals surface area contributed by atoms with E-state index < -0.39 is 35.6 Å². The fourth-order valence-corrected chi connectivity index (χ4v) is 6.63. The number of rotatable bonds is 11. The molecule has 3 aliphatic rings. The Balaban J connectivity index is 1.79. The van der Waals surface area contributed by atoms with Crippen LogP contribution in [0, 0.1) is 11.8 Å². The Morgan fingerprint density at radius 1 is 1.27 bits per heavy atom. The second kappa shape index (κ2) is 11.0. The van der Waals surface area contributed by atoms with Crippen LogP contribution in [0.3, 0.4) is 0 Å². The van der Waals surface area contributed by atoms with E-state index in [1.165, 1.54) is 9.80 Å². The number of aliphatic hydroxyl groups excluding tert-OH is 1. The van der Waals surface area contributed by atoms with Crippen LogP contribution in [0.15, 0.2) is 49.6 Å². The highest BCUT2D eigenvalue weighted by Gasteiger charge is 2.75. The number of likely N-dealkylation sites (tertiary alicyclic amines) is 1. The maximum Gasteiger partial charge on any atom is 0.253 e. The number of aliphatic hydroxyl groups is 1. The lowest BCUT2D eigenvalue weighted by molar-refractivity contribution is -0.147. The molecule has 1 spiro atoms. The monoisotopic (exact) mass is 529 g/mol. The van der Waals surface area contributed by atoms with Crippen molar-refractivity contribution in [1.82, 2.24) is 9.80 Å². The van der Waals surface area contributed by atoms with Crippen LogP contribution in [0.2, 0.25) is 5.02 Å². The first kappa shape index (κ1) is 27.4. The minimum Gasteiger partial charge on any atom is -0.394 e. The van der Waals surface area contributed by atoms with Gasteiger partial charge in [-0.1, -0.05) is 42.8 Å². The number of halogens is 1. The first-order chi connectivity index (χ1) is 17.8. The maximum atomic E-state index is 14.4. The van der Waals surface area contributed by atoms with Gasteiger partial charge in [-0.05, 0) is 38.3 Å². The van der Waals surface area contributed by atoms with Crippen LogP contribution in [0.5, 0.6) is 0 Å². The van der Waals surface area contributed by atoms with Gasteiger partial charge in [0.15, 0.2) is 0 Å². The van der Waals surface area contributed by atoms with Crippen molar-refractivity contribution in [3.63, 3.8) is 0 Å². The lowest BCUT2D eigenvalue weighted by Gasteiger charge is -2.38. The fraction of sp³-hybridized carbons (Fsp3) is 0.536. The SMILES string of the molecule is C=CCN(CCC)C(=O)[C@@H]1[C@H]2C(=O)N([C@H](C)CO)C(C(=O)N(CC=C)c3ccccc3Cl)C23CC[C@H]1O3. The second-order valence-corrected chi connectivity index (χ2v) is 10.5. The standard InChI is InChI=1S/C28H36ClN3O5/c1-5-14-30(15-6-2)25(34)22-21-12-13-28(37-21)23(22)26(35)32(18(4)17-33)24(28)27(36)31(16-7-3)20-11-9-8-10-19(20)29/h5,7-11,18,21-24,33H,1,3,6,12-17H2,2,4H3/t18-,21-,22+,23+,24?,28?/m1/s1. The molecule has 2 bridgehead atoms. The number of fused-ring (bicyclic) bond motifs is 1. The number of amides is 3. The summed E-state index contributed by atoms with van der Waals surface area (Å²) in [5.74, 6) is -2.33. The molecule has 3 heterocycles. The van der Waals surface area contributed by atoms with Gasteiger partial charge in [0.1, 0.15) is 11.6 Å². The van der Waals surface area contributed by atoms with Crippen LogP contribution < -0.4 is 4.90 Å². The third-order valence-corrected chi connectivity index (χ3v) is 8.19. The third kappa shape index (κ3) is 4.39. The zero-order valence-electron chi connectivity index (χ0n) is 21.5. The quantitative estimate of drug-likeness (QED) is 0.445. The molecule has 1 aromatic rings. The zero-order valence-corrected chi connectivity index (χ0v) is 22.3. The Hall–Kier alpha value is -2.68. The van der Waals surface area contributed by atoms with Gasteiger partial charge in [-0.25, -0.2) is 0 Å². The minimum atomic E-state index is -1.16. The van der Waals surface area contributed by atoms with Gasteiger partial charge in [0.25, 0.3) is 5.91 Å². The number of nitrogens with zero attached hydrogens (tertiary/aromatic N) is 3. The molecule has 1 N–H and O–H groups in total. The smallest absolute Gasteiger partial charge is 0.253 e. The molecule has 1 aromatic carbocycles. The normalized spacial score (nSPS) is 28.6. The van der Waals surface area contributed by atoms with Crippen molar-refractivity contribution in [2.24, 2.45) is 11.8 Å². The predicted octanol–water partition coefficient (Wildman–Crippen LogP) is 3.04. The van der Waals surface area contributed by atoms with E-state index in [2.05, 4.69) is 13.2 Å². The van der Waals surface area contributed by atoms with E-state index in [0.29, 0.717) is 36.6 Å². The van der Waals surface area contributed by atoms with E-state index in [1.54, 1.807) is 48.2 Å². The Bertz CT molecular complexity index is 1080. The topological polar surface area (TPSA) is 90.4 Å². The molecule has 3 aliphatic heterocycles. The second-order valence-electron chi connectivity index (χ2n) is 10.1. The zero-order chi connectivity index (χ0) is 26.9. The van der Waals surface area contributed by atoms with Gasteiger partial charge < -0.3 is 24.5 Å². The molecular weight excluding hydrogens is 494 g/mol. The summed E-state index contributed by atoms with van der Waals surface area (Å²) in [6.45, 7) is 12.0. The van der Waals surface area contributed by atoms with Gasteiger partial charge >= 0.3 is 0 Å². The van der Waals surface area contributed by atoms with Gasteiger partial charge in [0.05, 0.1) is 41.3 Å². The third-order valence-electron chi connectivity index (χ3n) is 7.87. The Morgan fingerprint density at radius 3 is 2.59 bits per heavy atom. The Labute approximate surface area is 223 Å². The van der Waals surface area contributed by atoms with Crippen molar-refractivity contribution in [2.75, 3.05) is 31.1 Å². The minimum absolute atomic E-state index is 0.148. The molecule has 0 aromatic heterocycles. The average molecular weight is 530 g/mol. The van der Waals surface area contributed by atoms with E-state index in [0.717, 1.165) is 6.42 Å². The molecule has 37 heavy (non-hydrogen) atoms. The molecule has 2 unspecified atom stereocenters. The summed E-state index contributed by atoms with van der Waals surface area (Å²) in [6.07, 6.45) is 4.65. The molecule has 3 fully saturated rings. The van der Waals surface area contributed by atoms with Crippen LogP contribution in [0.4, 0.5) is 5.69 Å². The van der Waals surface area contributed by atoms with Crippen LogP contribution in [0.25, 0.3) is 0 Å². The van der Waals surface area contributed by atoms with Crippen molar-refractivity contribution in [3.05, 3.63) is 54.6 Å². The van der Waals surface area contributed by atoms with Crippen molar-refractivity contribution in [1.29, 1.82) is 0 Å². The first-order valence-corrected chi connectivity index (χ1v) is 13.3.